The Hall–Kier alpha value is -1.52. The fourth-order valence-electron chi connectivity index (χ4n) is 2.47. The SMILES string of the molecule is O=C(O)C1Cc2ccccc2N1Cc1ccc(Cl)s1. The number of carboxylic acid groups (broad SMARTS) is 1. The zero-order valence-electron chi connectivity index (χ0n) is 10.0. The molecule has 0 fully saturated rings. The van der Waals surface area contributed by atoms with Gasteiger partial charge in [-0.05, 0) is 23.8 Å². The number of fused-ring (bicyclic) bond motifs is 1. The van der Waals surface area contributed by atoms with E-state index in [-0.39, 0.29) is 0 Å². The summed E-state index contributed by atoms with van der Waals surface area (Å²) in [7, 11) is 0. The van der Waals surface area contributed by atoms with Gasteiger partial charge in [0.25, 0.3) is 0 Å². The van der Waals surface area contributed by atoms with Crippen LogP contribution in [0.5, 0.6) is 0 Å². The van der Waals surface area contributed by atoms with Gasteiger partial charge in [-0.15, -0.1) is 11.3 Å². The first-order valence-electron chi connectivity index (χ1n) is 5.97. The van der Waals surface area contributed by atoms with E-state index in [1.54, 1.807) is 0 Å². The molecule has 1 aromatic carbocycles. The fourth-order valence-corrected chi connectivity index (χ4v) is 3.56. The van der Waals surface area contributed by atoms with Crippen LogP contribution in [-0.2, 0) is 17.8 Å². The normalized spacial score (nSPS) is 17.5. The van der Waals surface area contributed by atoms with Gasteiger partial charge in [0.1, 0.15) is 6.04 Å². The van der Waals surface area contributed by atoms with Gasteiger partial charge in [0.2, 0.25) is 0 Å². The minimum Gasteiger partial charge on any atom is -0.480 e. The summed E-state index contributed by atoms with van der Waals surface area (Å²) in [4.78, 5) is 14.4. The van der Waals surface area contributed by atoms with Gasteiger partial charge in [-0.2, -0.15) is 0 Å². The summed E-state index contributed by atoms with van der Waals surface area (Å²) in [5.74, 6) is -0.779. The van der Waals surface area contributed by atoms with Crippen molar-refractivity contribution < 1.29 is 9.90 Å². The number of hydrogen-bond acceptors (Lipinski definition) is 3. The summed E-state index contributed by atoms with van der Waals surface area (Å²) in [5, 5.41) is 9.37. The van der Waals surface area contributed by atoms with Gasteiger partial charge < -0.3 is 10.0 Å². The van der Waals surface area contributed by atoms with Gasteiger partial charge in [-0.3, -0.25) is 0 Å². The topological polar surface area (TPSA) is 40.5 Å². The van der Waals surface area contributed by atoms with Crippen LogP contribution >= 0.6 is 22.9 Å². The van der Waals surface area contributed by atoms with Crippen LogP contribution in [0.1, 0.15) is 10.4 Å². The Morgan fingerprint density at radius 3 is 2.84 bits per heavy atom. The molecule has 1 N–H and O–H groups in total. The third-order valence-corrected chi connectivity index (χ3v) is 4.55. The third kappa shape index (κ3) is 2.33. The maximum absolute atomic E-state index is 11.4. The highest BCUT2D eigenvalue weighted by atomic mass is 35.5. The summed E-state index contributed by atoms with van der Waals surface area (Å²) < 4.78 is 0.731. The molecule has 1 unspecified atom stereocenters. The van der Waals surface area contributed by atoms with Crippen LogP contribution in [0.15, 0.2) is 36.4 Å². The number of thiophene rings is 1. The number of anilines is 1. The lowest BCUT2D eigenvalue weighted by Crippen LogP contribution is -2.37. The zero-order chi connectivity index (χ0) is 13.4. The van der Waals surface area contributed by atoms with Gasteiger partial charge in [0.15, 0.2) is 0 Å². The van der Waals surface area contributed by atoms with Crippen molar-refractivity contribution in [2.75, 3.05) is 4.90 Å². The molecule has 3 rings (SSSR count). The van der Waals surface area contributed by atoms with Gasteiger partial charge in [-0.25, -0.2) is 4.79 Å². The Morgan fingerprint density at radius 1 is 1.37 bits per heavy atom. The fraction of sp³-hybridized carbons (Fsp3) is 0.214. The number of para-hydroxylation sites is 1. The summed E-state index contributed by atoms with van der Waals surface area (Å²) in [5.41, 5.74) is 2.11. The molecule has 5 heteroatoms. The Morgan fingerprint density at radius 2 is 2.16 bits per heavy atom. The highest BCUT2D eigenvalue weighted by Gasteiger charge is 2.34. The summed E-state index contributed by atoms with van der Waals surface area (Å²) in [6, 6.07) is 11.2. The third-order valence-electron chi connectivity index (χ3n) is 3.33. The van der Waals surface area contributed by atoms with Gasteiger partial charge in [0.05, 0.1) is 10.9 Å². The van der Waals surface area contributed by atoms with Crippen LogP contribution in [-0.4, -0.2) is 17.1 Å². The van der Waals surface area contributed by atoms with Crippen LogP contribution in [0.2, 0.25) is 4.34 Å². The average Bonchev–Trinajstić information content (AvgIpc) is 2.95. The number of benzene rings is 1. The van der Waals surface area contributed by atoms with E-state index >= 15 is 0 Å². The number of nitrogens with zero attached hydrogens (tertiary/aromatic N) is 1. The van der Waals surface area contributed by atoms with E-state index in [0.717, 1.165) is 20.5 Å². The second kappa shape index (κ2) is 4.87. The average molecular weight is 294 g/mol. The predicted octanol–water partition coefficient (Wildman–Crippen LogP) is 3.42. The summed E-state index contributed by atoms with van der Waals surface area (Å²) in [6.45, 7) is 0.589. The largest absolute Gasteiger partial charge is 0.480 e. The van der Waals surface area contributed by atoms with E-state index in [9.17, 15) is 9.90 Å². The molecule has 1 aromatic heterocycles. The molecule has 0 amide bonds. The summed E-state index contributed by atoms with van der Waals surface area (Å²) in [6.07, 6.45) is 0.560. The van der Waals surface area contributed by atoms with Crippen molar-refractivity contribution in [3.05, 3.63) is 51.2 Å². The number of halogens is 1. The molecule has 0 aliphatic carbocycles. The minimum atomic E-state index is -0.779. The second-order valence-corrected chi connectivity index (χ2v) is 6.32. The van der Waals surface area contributed by atoms with Crippen LogP contribution < -0.4 is 4.90 Å². The van der Waals surface area contributed by atoms with Crippen LogP contribution in [0, 0.1) is 0 Å². The predicted molar refractivity (Wildman–Crippen MR) is 77.1 cm³/mol. The van der Waals surface area contributed by atoms with Gasteiger partial charge in [0, 0.05) is 17.0 Å². The molecule has 1 atom stereocenters. The number of carboxylic acids is 1. The van der Waals surface area contributed by atoms with E-state index in [0.29, 0.717) is 13.0 Å². The lowest BCUT2D eigenvalue weighted by Gasteiger charge is -2.24. The van der Waals surface area contributed by atoms with Crippen LogP contribution in [0.3, 0.4) is 0 Å². The molecule has 0 spiro atoms. The smallest absolute Gasteiger partial charge is 0.326 e. The van der Waals surface area contributed by atoms with Gasteiger partial charge >= 0.3 is 5.97 Å². The highest BCUT2D eigenvalue weighted by Crippen LogP contribution is 2.34. The number of rotatable bonds is 3. The molecule has 2 aromatic rings. The molecular weight excluding hydrogens is 282 g/mol. The van der Waals surface area contributed by atoms with Gasteiger partial charge in [-0.1, -0.05) is 29.8 Å². The van der Waals surface area contributed by atoms with E-state index in [2.05, 4.69) is 0 Å². The Labute approximate surface area is 120 Å². The first-order chi connectivity index (χ1) is 9.15. The molecule has 0 saturated carbocycles. The van der Waals surface area contributed by atoms with Crippen molar-refractivity contribution in [3.63, 3.8) is 0 Å². The first kappa shape index (κ1) is 12.5. The van der Waals surface area contributed by atoms with Crippen LogP contribution in [0.25, 0.3) is 0 Å². The number of hydrogen-bond donors (Lipinski definition) is 1. The Kier molecular flexibility index (Phi) is 3.21. The molecule has 98 valence electrons. The van der Waals surface area contributed by atoms with Crippen molar-refractivity contribution in [2.45, 2.75) is 19.0 Å². The Bertz CT molecular complexity index is 625. The molecule has 19 heavy (non-hydrogen) atoms. The molecule has 0 bridgehead atoms. The summed E-state index contributed by atoms with van der Waals surface area (Å²) >= 11 is 7.42. The molecule has 2 heterocycles. The van der Waals surface area contributed by atoms with Crippen molar-refractivity contribution in [1.29, 1.82) is 0 Å². The number of carbonyl (C=O) groups is 1. The van der Waals surface area contributed by atoms with Crippen LogP contribution in [0.4, 0.5) is 5.69 Å². The molecule has 0 saturated heterocycles. The van der Waals surface area contributed by atoms with E-state index in [1.165, 1.54) is 11.3 Å². The standard InChI is InChI=1S/C14H12ClNO2S/c15-13-6-5-10(19-13)8-16-11-4-2-1-3-9(11)7-12(16)14(17)18/h1-6,12H,7-8H2,(H,17,18). The molecule has 1 aliphatic heterocycles. The van der Waals surface area contributed by atoms with E-state index < -0.39 is 12.0 Å². The molecule has 1 aliphatic rings. The highest BCUT2D eigenvalue weighted by molar-refractivity contribution is 7.16. The monoisotopic (exact) mass is 293 g/mol. The lowest BCUT2D eigenvalue weighted by atomic mass is 10.1. The van der Waals surface area contributed by atoms with Crippen molar-refractivity contribution in [2.24, 2.45) is 0 Å². The van der Waals surface area contributed by atoms with E-state index in [4.69, 9.17) is 11.6 Å². The molecule has 3 nitrogen and oxygen atoms in total. The minimum absolute atomic E-state index is 0.488. The van der Waals surface area contributed by atoms with Crippen molar-refractivity contribution in [1.82, 2.24) is 0 Å². The maximum Gasteiger partial charge on any atom is 0.326 e. The second-order valence-electron chi connectivity index (χ2n) is 4.52. The lowest BCUT2D eigenvalue weighted by molar-refractivity contribution is -0.138. The van der Waals surface area contributed by atoms with Crippen molar-refractivity contribution in [3.8, 4) is 0 Å². The quantitative estimate of drug-likeness (QED) is 0.943. The van der Waals surface area contributed by atoms with Crippen molar-refractivity contribution >= 4 is 34.6 Å². The zero-order valence-corrected chi connectivity index (χ0v) is 11.6. The number of aliphatic carboxylic acids is 1. The Balaban J connectivity index is 1.93. The first-order valence-corrected chi connectivity index (χ1v) is 7.16. The van der Waals surface area contributed by atoms with E-state index in [1.807, 2.05) is 41.3 Å². The molecule has 0 radical (unpaired) electrons. The molecular formula is C14H12ClNO2S. The maximum atomic E-state index is 11.4.